The highest BCUT2D eigenvalue weighted by Crippen LogP contribution is 2.09. The molecule has 0 aliphatic rings. The Labute approximate surface area is 112 Å². The Morgan fingerprint density at radius 1 is 1.37 bits per heavy atom. The quantitative estimate of drug-likeness (QED) is 0.789. The number of benzene rings is 1. The Balaban J connectivity index is 2.67. The molecule has 0 fully saturated rings. The van der Waals surface area contributed by atoms with Gasteiger partial charge in [0, 0.05) is 12.6 Å². The van der Waals surface area contributed by atoms with Crippen LogP contribution in [-0.4, -0.2) is 15.9 Å². The Morgan fingerprint density at radius 2 is 2.16 bits per heavy atom. The van der Waals surface area contributed by atoms with Crippen LogP contribution in [0.2, 0.25) is 0 Å². The summed E-state index contributed by atoms with van der Waals surface area (Å²) in [5, 5.41) is 4.79. The van der Waals surface area contributed by atoms with E-state index in [1.54, 1.807) is 18.4 Å². The van der Waals surface area contributed by atoms with Crippen molar-refractivity contribution in [2.75, 3.05) is 0 Å². The molecule has 0 radical (unpaired) electrons. The van der Waals surface area contributed by atoms with E-state index < -0.39 is 0 Å². The van der Waals surface area contributed by atoms with E-state index in [-0.39, 0.29) is 5.56 Å². The van der Waals surface area contributed by atoms with Crippen molar-refractivity contribution in [1.82, 2.24) is 9.66 Å². The summed E-state index contributed by atoms with van der Waals surface area (Å²) in [6.07, 6.45) is 6.91. The van der Waals surface area contributed by atoms with Crippen molar-refractivity contribution in [2.45, 2.75) is 26.7 Å². The summed E-state index contributed by atoms with van der Waals surface area (Å²) in [5.41, 5.74) is 0.614. The maximum absolute atomic E-state index is 12.4. The summed E-state index contributed by atoms with van der Waals surface area (Å²) in [7, 11) is 0. The lowest BCUT2D eigenvalue weighted by atomic mass is 10.2. The lowest BCUT2D eigenvalue weighted by molar-refractivity contribution is 0.704. The number of hydrogen-bond donors (Lipinski definition) is 0. The number of hydrogen-bond acceptors (Lipinski definition) is 3. The normalized spacial score (nSPS) is 11.9. The fourth-order valence-electron chi connectivity index (χ4n) is 1.87. The van der Waals surface area contributed by atoms with E-state index in [4.69, 9.17) is 0 Å². The molecule has 0 bridgehead atoms. The second kappa shape index (κ2) is 6.09. The predicted molar refractivity (Wildman–Crippen MR) is 78.7 cm³/mol. The highest BCUT2D eigenvalue weighted by molar-refractivity contribution is 5.77. The third-order valence-electron chi connectivity index (χ3n) is 2.76. The number of allylic oxidation sites excluding steroid dienone is 2. The van der Waals surface area contributed by atoms with Crippen LogP contribution in [0.4, 0.5) is 0 Å². The summed E-state index contributed by atoms with van der Waals surface area (Å²) in [6.45, 7) is 3.96. The van der Waals surface area contributed by atoms with Gasteiger partial charge in [0.25, 0.3) is 5.56 Å². The van der Waals surface area contributed by atoms with Gasteiger partial charge in [-0.25, -0.2) is 4.98 Å². The molecule has 19 heavy (non-hydrogen) atoms. The van der Waals surface area contributed by atoms with Gasteiger partial charge in [0.2, 0.25) is 0 Å². The molecule has 0 aliphatic heterocycles. The Kier molecular flexibility index (Phi) is 4.23. The molecule has 1 aromatic carbocycles. The molecule has 0 saturated carbocycles. The smallest absolute Gasteiger partial charge is 0.267 e. The first-order valence-corrected chi connectivity index (χ1v) is 6.44. The van der Waals surface area contributed by atoms with Crippen molar-refractivity contribution in [3.05, 3.63) is 52.6 Å². The average molecular weight is 255 g/mol. The van der Waals surface area contributed by atoms with Gasteiger partial charge in [-0.2, -0.15) is 9.78 Å². The van der Waals surface area contributed by atoms with Gasteiger partial charge >= 0.3 is 0 Å². The van der Waals surface area contributed by atoms with E-state index in [1.807, 2.05) is 31.2 Å². The van der Waals surface area contributed by atoms with Crippen LogP contribution < -0.4 is 5.56 Å². The summed E-state index contributed by atoms with van der Waals surface area (Å²) >= 11 is 0. The molecule has 2 aromatic rings. The lowest BCUT2D eigenvalue weighted by Gasteiger charge is -2.07. The minimum atomic E-state index is -0.116. The predicted octanol–water partition coefficient (Wildman–Crippen LogP) is 2.76. The van der Waals surface area contributed by atoms with Crippen molar-refractivity contribution in [2.24, 2.45) is 5.10 Å². The van der Waals surface area contributed by atoms with E-state index in [2.05, 4.69) is 17.0 Å². The summed E-state index contributed by atoms with van der Waals surface area (Å²) in [5.74, 6) is 0.701. The summed E-state index contributed by atoms with van der Waals surface area (Å²) in [4.78, 5) is 16.9. The third-order valence-corrected chi connectivity index (χ3v) is 2.76. The first kappa shape index (κ1) is 13.2. The number of fused-ring (bicyclic) bond motifs is 1. The van der Waals surface area contributed by atoms with Crippen LogP contribution in [0.3, 0.4) is 0 Å². The largest absolute Gasteiger partial charge is 0.282 e. The Hall–Kier alpha value is -2.23. The second-order valence-electron chi connectivity index (χ2n) is 4.20. The van der Waals surface area contributed by atoms with Gasteiger partial charge in [0.05, 0.1) is 10.9 Å². The van der Waals surface area contributed by atoms with Gasteiger partial charge in [-0.1, -0.05) is 25.1 Å². The Morgan fingerprint density at radius 3 is 2.89 bits per heavy atom. The fraction of sp³-hybridized carbons (Fsp3) is 0.267. The molecule has 0 atom stereocenters. The number of aromatic nitrogens is 2. The summed E-state index contributed by atoms with van der Waals surface area (Å²) in [6, 6.07) is 7.36. The van der Waals surface area contributed by atoms with Crippen LogP contribution >= 0.6 is 0 Å². The number of para-hydroxylation sites is 1. The molecule has 0 spiro atoms. The first-order valence-electron chi connectivity index (χ1n) is 6.44. The molecule has 0 aliphatic carbocycles. The molecule has 4 nitrogen and oxygen atoms in total. The molecule has 1 aromatic heterocycles. The van der Waals surface area contributed by atoms with Crippen LogP contribution in [0, 0.1) is 0 Å². The van der Waals surface area contributed by atoms with Gasteiger partial charge in [-0.15, -0.1) is 0 Å². The van der Waals surface area contributed by atoms with E-state index in [1.165, 1.54) is 4.68 Å². The number of rotatable bonds is 4. The maximum Gasteiger partial charge on any atom is 0.282 e. The molecule has 0 amide bonds. The van der Waals surface area contributed by atoms with Crippen molar-refractivity contribution >= 4 is 17.1 Å². The van der Waals surface area contributed by atoms with E-state index in [0.717, 1.165) is 18.4 Å². The number of nitrogens with zero attached hydrogens (tertiary/aromatic N) is 3. The topological polar surface area (TPSA) is 47.2 Å². The third kappa shape index (κ3) is 2.78. The van der Waals surface area contributed by atoms with Gasteiger partial charge in [0.15, 0.2) is 0 Å². The molecule has 2 rings (SSSR count). The average Bonchev–Trinajstić information content (AvgIpc) is 2.43. The fourth-order valence-corrected chi connectivity index (χ4v) is 1.87. The van der Waals surface area contributed by atoms with Crippen LogP contribution in [0.25, 0.3) is 10.9 Å². The molecular weight excluding hydrogens is 238 g/mol. The number of aryl methyl sites for hydroxylation is 1. The zero-order chi connectivity index (χ0) is 13.7. The van der Waals surface area contributed by atoms with E-state index >= 15 is 0 Å². The van der Waals surface area contributed by atoms with Gasteiger partial charge in [0.1, 0.15) is 5.82 Å². The Bertz CT molecular complexity index is 683. The minimum absolute atomic E-state index is 0.116. The van der Waals surface area contributed by atoms with Crippen molar-refractivity contribution < 1.29 is 0 Å². The standard InChI is InChI=1S/C15H17N3O/c1-3-5-11-16-18-14(8-4-2)17-13-10-7-6-9-12(13)15(18)19/h3,5-7,9-11H,4,8H2,1-2H3/b5-3+,16-11-. The van der Waals surface area contributed by atoms with Crippen LogP contribution in [0.1, 0.15) is 26.1 Å². The highest BCUT2D eigenvalue weighted by Gasteiger charge is 2.08. The van der Waals surface area contributed by atoms with E-state index in [9.17, 15) is 4.79 Å². The summed E-state index contributed by atoms with van der Waals surface area (Å²) < 4.78 is 1.39. The van der Waals surface area contributed by atoms with Crippen LogP contribution in [0.5, 0.6) is 0 Å². The van der Waals surface area contributed by atoms with E-state index in [0.29, 0.717) is 11.2 Å². The molecule has 98 valence electrons. The zero-order valence-corrected chi connectivity index (χ0v) is 11.2. The molecule has 0 saturated heterocycles. The first-order chi connectivity index (χ1) is 9.27. The minimum Gasteiger partial charge on any atom is -0.267 e. The van der Waals surface area contributed by atoms with Gasteiger partial charge in [-0.05, 0) is 31.6 Å². The van der Waals surface area contributed by atoms with Gasteiger partial charge < -0.3 is 0 Å². The monoisotopic (exact) mass is 255 g/mol. The van der Waals surface area contributed by atoms with Crippen molar-refractivity contribution in [3.63, 3.8) is 0 Å². The molecule has 0 unspecified atom stereocenters. The zero-order valence-electron chi connectivity index (χ0n) is 11.2. The maximum atomic E-state index is 12.4. The molecule has 4 heteroatoms. The lowest BCUT2D eigenvalue weighted by Crippen LogP contribution is -2.22. The van der Waals surface area contributed by atoms with Crippen molar-refractivity contribution in [1.29, 1.82) is 0 Å². The highest BCUT2D eigenvalue weighted by atomic mass is 16.1. The van der Waals surface area contributed by atoms with Gasteiger partial charge in [-0.3, -0.25) is 4.79 Å². The van der Waals surface area contributed by atoms with Crippen molar-refractivity contribution in [3.8, 4) is 0 Å². The molecular formula is C15H17N3O. The molecule has 0 N–H and O–H groups in total. The van der Waals surface area contributed by atoms with Crippen LogP contribution in [-0.2, 0) is 6.42 Å². The SMILES string of the molecule is C/C=C/C=N\n1c(CCC)nc2ccccc2c1=O. The van der Waals surface area contributed by atoms with Crippen LogP contribution in [0.15, 0.2) is 46.3 Å². The second-order valence-corrected chi connectivity index (χ2v) is 4.20. The molecule has 1 heterocycles.